The second kappa shape index (κ2) is 5.69. The molecule has 0 bridgehead atoms. The Morgan fingerprint density at radius 3 is 1.45 bits per heavy atom. The molecule has 0 fully saturated rings. The molecule has 0 aromatic heterocycles. The molecule has 106 valence electrons. The first-order valence-electron chi connectivity index (χ1n) is 6.43. The van der Waals surface area contributed by atoms with Gasteiger partial charge in [-0.2, -0.15) is 0 Å². The minimum absolute atomic E-state index is 0.304. The fourth-order valence-corrected chi connectivity index (χ4v) is 2.22. The Hall–Kier alpha value is -1.78. The van der Waals surface area contributed by atoms with E-state index in [0.717, 1.165) is 11.1 Å². The molecule has 2 unspecified atom stereocenters. The molecule has 0 aliphatic heterocycles. The number of rotatable bonds is 3. The van der Waals surface area contributed by atoms with Crippen molar-refractivity contribution in [2.45, 2.75) is 25.9 Å². The maximum atomic E-state index is 13.8. The maximum Gasteiger partial charge on any atom is 0.128 e. The number of nitrogens with two attached hydrogens (primary N) is 2. The van der Waals surface area contributed by atoms with Gasteiger partial charge in [0.2, 0.25) is 0 Å². The van der Waals surface area contributed by atoms with Crippen LogP contribution < -0.4 is 11.5 Å². The Kier molecular flexibility index (Phi) is 4.16. The standard InChI is InChI=1S/C16H18F2N2/c1-9-3-5-13(17)11(7-9)15(19)16(20)12-8-10(2)4-6-14(12)18/h3-8,15-16H,19-20H2,1-2H3. The monoisotopic (exact) mass is 276 g/mol. The fraction of sp³-hybridized carbons (Fsp3) is 0.250. The van der Waals surface area contributed by atoms with Crippen LogP contribution in [0, 0.1) is 25.5 Å². The van der Waals surface area contributed by atoms with Crippen LogP contribution in [0.5, 0.6) is 0 Å². The van der Waals surface area contributed by atoms with E-state index in [4.69, 9.17) is 11.5 Å². The summed E-state index contributed by atoms with van der Waals surface area (Å²) >= 11 is 0. The van der Waals surface area contributed by atoms with Gasteiger partial charge in [-0.3, -0.25) is 0 Å². The van der Waals surface area contributed by atoms with Crippen molar-refractivity contribution in [3.8, 4) is 0 Å². The number of aryl methyl sites for hydroxylation is 2. The van der Waals surface area contributed by atoms with E-state index in [0.29, 0.717) is 11.1 Å². The lowest BCUT2D eigenvalue weighted by Crippen LogP contribution is -2.28. The van der Waals surface area contributed by atoms with Crippen LogP contribution in [0.2, 0.25) is 0 Å². The van der Waals surface area contributed by atoms with Crippen LogP contribution >= 0.6 is 0 Å². The smallest absolute Gasteiger partial charge is 0.128 e. The van der Waals surface area contributed by atoms with Gasteiger partial charge in [-0.25, -0.2) is 8.78 Å². The SMILES string of the molecule is Cc1ccc(F)c(C(N)C(N)c2cc(C)ccc2F)c1. The summed E-state index contributed by atoms with van der Waals surface area (Å²) in [5.74, 6) is -0.849. The van der Waals surface area contributed by atoms with Gasteiger partial charge in [0, 0.05) is 11.1 Å². The van der Waals surface area contributed by atoms with E-state index < -0.39 is 23.7 Å². The molecule has 0 aliphatic rings. The average Bonchev–Trinajstić information content (AvgIpc) is 2.42. The first-order valence-corrected chi connectivity index (χ1v) is 6.43. The van der Waals surface area contributed by atoms with Gasteiger partial charge in [0.05, 0.1) is 12.1 Å². The van der Waals surface area contributed by atoms with Crippen molar-refractivity contribution in [3.63, 3.8) is 0 Å². The fourth-order valence-electron chi connectivity index (χ4n) is 2.22. The summed E-state index contributed by atoms with van der Waals surface area (Å²) in [6.07, 6.45) is 0. The molecule has 2 rings (SSSR count). The van der Waals surface area contributed by atoms with E-state index >= 15 is 0 Å². The minimum Gasteiger partial charge on any atom is -0.322 e. The van der Waals surface area contributed by atoms with Crippen LogP contribution in [0.4, 0.5) is 8.78 Å². The molecule has 2 atom stereocenters. The third-order valence-electron chi connectivity index (χ3n) is 3.41. The van der Waals surface area contributed by atoms with Crippen molar-refractivity contribution in [2.75, 3.05) is 0 Å². The van der Waals surface area contributed by atoms with Crippen molar-refractivity contribution >= 4 is 0 Å². The number of hydrogen-bond acceptors (Lipinski definition) is 2. The van der Waals surface area contributed by atoms with Gasteiger partial charge < -0.3 is 11.5 Å². The zero-order valence-electron chi connectivity index (χ0n) is 11.5. The van der Waals surface area contributed by atoms with Gasteiger partial charge in [0.25, 0.3) is 0 Å². The highest BCUT2D eigenvalue weighted by Gasteiger charge is 2.23. The minimum atomic E-state index is -0.800. The van der Waals surface area contributed by atoms with Gasteiger partial charge in [-0.15, -0.1) is 0 Å². The molecule has 0 saturated heterocycles. The summed E-state index contributed by atoms with van der Waals surface area (Å²) in [5.41, 5.74) is 14.4. The van der Waals surface area contributed by atoms with E-state index in [2.05, 4.69) is 0 Å². The second-order valence-electron chi connectivity index (χ2n) is 5.10. The Morgan fingerprint density at radius 2 is 1.10 bits per heavy atom. The number of hydrogen-bond donors (Lipinski definition) is 2. The molecule has 0 aliphatic carbocycles. The van der Waals surface area contributed by atoms with E-state index in [1.165, 1.54) is 12.1 Å². The van der Waals surface area contributed by atoms with Crippen LogP contribution in [0.25, 0.3) is 0 Å². The normalized spacial score (nSPS) is 14.1. The van der Waals surface area contributed by atoms with Crippen molar-refractivity contribution in [1.29, 1.82) is 0 Å². The lowest BCUT2D eigenvalue weighted by molar-refractivity contribution is 0.502. The van der Waals surface area contributed by atoms with Gasteiger partial charge >= 0.3 is 0 Å². The van der Waals surface area contributed by atoms with E-state index in [9.17, 15) is 8.78 Å². The zero-order valence-corrected chi connectivity index (χ0v) is 11.5. The molecule has 4 N–H and O–H groups in total. The Bertz CT molecular complexity index is 570. The molecular formula is C16H18F2N2. The summed E-state index contributed by atoms with van der Waals surface area (Å²) in [6, 6.07) is 7.71. The van der Waals surface area contributed by atoms with Crippen LogP contribution in [0.1, 0.15) is 34.3 Å². The lowest BCUT2D eigenvalue weighted by Gasteiger charge is -2.22. The first-order chi connectivity index (χ1) is 9.40. The van der Waals surface area contributed by atoms with Crippen molar-refractivity contribution in [1.82, 2.24) is 0 Å². The van der Waals surface area contributed by atoms with Crippen molar-refractivity contribution in [2.24, 2.45) is 11.5 Å². The van der Waals surface area contributed by atoms with Crippen molar-refractivity contribution < 1.29 is 8.78 Å². The van der Waals surface area contributed by atoms with Gasteiger partial charge in [-0.1, -0.05) is 35.4 Å². The molecule has 2 nitrogen and oxygen atoms in total. The molecule has 0 saturated carbocycles. The highest BCUT2D eigenvalue weighted by atomic mass is 19.1. The summed E-state index contributed by atoms with van der Waals surface area (Å²) in [6.45, 7) is 3.68. The summed E-state index contributed by atoms with van der Waals surface area (Å²) in [7, 11) is 0. The van der Waals surface area contributed by atoms with Crippen molar-refractivity contribution in [3.05, 3.63) is 70.3 Å². The molecule has 20 heavy (non-hydrogen) atoms. The van der Waals surface area contributed by atoms with Gasteiger partial charge in [0.1, 0.15) is 11.6 Å². The quantitative estimate of drug-likeness (QED) is 0.904. The van der Waals surface area contributed by atoms with Crippen LogP contribution in [0.3, 0.4) is 0 Å². The second-order valence-corrected chi connectivity index (χ2v) is 5.10. The molecular weight excluding hydrogens is 258 g/mol. The number of halogens is 2. The molecule has 0 heterocycles. The molecule has 0 radical (unpaired) electrons. The van der Waals surface area contributed by atoms with Gasteiger partial charge in [0.15, 0.2) is 0 Å². The molecule has 0 amide bonds. The highest BCUT2D eigenvalue weighted by Crippen LogP contribution is 2.29. The highest BCUT2D eigenvalue weighted by molar-refractivity contribution is 5.33. The number of benzene rings is 2. The summed E-state index contributed by atoms with van der Waals surface area (Å²) < 4.78 is 27.7. The average molecular weight is 276 g/mol. The molecule has 0 spiro atoms. The lowest BCUT2D eigenvalue weighted by atomic mass is 9.92. The summed E-state index contributed by atoms with van der Waals surface area (Å²) in [5, 5.41) is 0. The third kappa shape index (κ3) is 2.86. The largest absolute Gasteiger partial charge is 0.322 e. The molecule has 2 aromatic carbocycles. The van der Waals surface area contributed by atoms with Crippen LogP contribution in [-0.2, 0) is 0 Å². The third-order valence-corrected chi connectivity index (χ3v) is 3.41. The first kappa shape index (κ1) is 14.6. The van der Waals surface area contributed by atoms with Crippen LogP contribution in [-0.4, -0.2) is 0 Å². The topological polar surface area (TPSA) is 52.0 Å². The Morgan fingerprint density at radius 1 is 0.750 bits per heavy atom. The summed E-state index contributed by atoms with van der Waals surface area (Å²) in [4.78, 5) is 0. The zero-order chi connectivity index (χ0) is 14.9. The molecule has 2 aromatic rings. The predicted molar refractivity (Wildman–Crippen MR) is 76.1 cm³/mol. The predicted octanol–water partition coefficient (Wildman–Crippen LogP) is 3.28. The van der Waals surface area contributed by atoms with E-state index in [1.54, 1.807) is 24.3 Å². The maximum absolute atomic E-state index is 13.8. The van der Waals surface area contributed by atoms with E-state index in [1.807, 2.05) is 13.8 Å². The van der Waals surface area contributed by atoms with E-state index in [-0.39, 0.29) is 0 Å². The molecule has 4 heteroatoms. The van der Waals surface area contributed by atoms with Gasteiger partial charge in [-0.05, 0) is 26.0 Å². The Balaban J connectivity index is 2.39. The Labute approximate surface area is 117 Å². The van der Waals surface area contributed by atoms with Crippen LogP contribution in [0.15, 0.2) is 36.4 Å².